The highest BCUT2D eigenvalue weighted by atomic mass is 35.5. The van der Waals surface area contributed by atoms with Crippen LogP contribution in [0, 0.1) is 12.8 Å². The lowest BCUT2D eigenvalue weighted by molar-refractivity contribution is 0.180. The van der Waals surface area contributed by atoms with Gasteiger partial charge in [-0.2, -0.15) is 0 Å². The summed E-state index contributed by atoms with van der Waals surface area (Å²) in [6.45, 7) is 4.85. The summed E-state index contributed by atoms with van der Waals surface area (Å²) in [4.78, 5) is 0.141. The number of halogens is 1. The van der Waals surface area contributed by atoms with Crippen molar-refractivity contribution in [3.8, 4) is 0 Å². The van der Waals surface area contributed by atoms with Crippen LogP contribution in [0.15, 0.2) is 17.0 Å². The van der Waals surface area contributed by atoms with E-state index in [4.69, 9.17) is 22.1 Å². The van der Waals surface area contributed by atoms with Crippen molar-refractivity contribution in [1.29, 1.82) is 0 Å². The summed E-state index contributed by atoms with van der Waals surface area (Å²) in [6.07, 6.45) is 0.867. The maximum absolute atomic E-state index is 12.4. The third-order valence-electron chi connectivity index (χ3n) is 3.58. The van der Waals surface area contributed by atoms with Gasteiger partial charge in [0, 0.05) is 18.6 Å². The van der Waals surface area contributed by atoms with Crippen molar-refractivity contribution in [2.24, 2.45) is 5.92 Å². The Labute approximate surface area is 124 Å². The van der Waals surface area contributed by atoms with Crippen molar-refractivity contribution < 1.29 is 13.2 Å². The first-order valence-corrected chi connectivity index (χ1v) is 8.33. The van der Waals surface area contributed by atoms with E-state index in [1.54, 1.807) is 6.92 Å². The summed E-state index contributed by atoms with van der Waals surface area (Å²) < 4.78 is 32.7. The highest BCUT2D eigenvalue weighted by molar-refractivity contribution is 7.89. The van der Waals surface area contributed by atoms with Gasteiger partial charge in [-0.25, -0.2) is 13.1 Å². The lowest BCUT2D eigenvalue weighted by Gasteiger charge is -2.19. The van der Waals surface area contributed by atoms with Crippen LogP contribution < -0.4 is 10.5 Å². The largest absolute Gasteiger partial charge is 0.397 e. The molecule has 1 aliphatic heterocycles. The van der Waals surface area contributed by atoms with Crippen LogP contribution in [-0.2, 0) is 14.8 Å². The molecule has 2 rings (SSSR count). The summed E-state index contributed by atoms with van der Waals surface area (Å²) in [5.74, 6) is 0.204. The number of anilines is 1. The second-order valence-corrected chi connectivity index (χ2v) is 7.27. The number of rotatable bonds is 4. The minimum atomic E-state index is -3.60. The Morgan fingerprint density at radius 1 is 1.50 bits per heavy atom. The first-order chi connectivity index (χ1) is 9.31. The number of nitrogens with two attached hydrogens (primary N) is 1. The van der Waals surface area contributed by atoms with Gasteiger partial charge < -0.3 is 10.5 Å². The number of nitrogens with one attached hydrogen (secondary N) is 1. The second-order valence-electron chi connectivity index (χ2n) is 5.18. The molecule has 112 valence electrons. The van der Waals surface area contributed by atoms with Crippen molar-refractivity contribution in [3.63, 3.8) is 0 Å². The predicted molar refractivity (Wildman–Crippen MR) is 79.3 cm³/mol. The van der Waals surface area contributed by atoms with Gasteiger partial charge in [0.05, 0.1) is 22.2 Å². The van der Waals surface area contributed by atoms with Crippen LogP contribution in [0.5, 0.6) is 0 Å². The van der Waals surface area contributed by atoms with E-state index in [0.29, 0.717) is 23.8 Å². The Hall–Kier alpha value is -0.820. The van der Waals surface area contributed by atoms with E-state index in [1.807, 2.05) is 6.92 Å². The third kappa shape index (κ3) is 3.25. The fraction of sp³-hybridized carbons (Fsp3) is 0.538. The molecule has 3 N–H and O–H groups in total. The summed E-state index contributed by atoms with van der Waals surface area (Å²) in [5, 5.41) is 0.390. The Bertz CT molecular complexity index is 575. The van der Waals surface area contributed by atoms with Crippen molar-refractivity contribution in [1.82, 2.24) is 4.72 Å². The zero-order chi connectivity index (χ0) is 14.9. The topological polar surface area (TPSA) is 81.4 Å². The number of nitrogen functional groups attached to an aromatic ring is 1. The van der Waals surface area contributed by atoms with Gasteiger partial charge in [0.25, 0.3) is 0 Å². The Morgan fingerprint density at radius 2 is 2.20 bits per heavy atom. The molecule has 1 saturated heterocycles. The van der Waals surface area contributed by atoms with Gasteiger partial charge in [-0.3, -0.25) is 0 Å². The molecule has 0 radical (unpaired) electrons. The fourth-order valence-corrected chi connectivity index (χ4v) is 3.82. The van der Waals surface area contributed by atoms with Crippen LogP contribution in [0.1, 0.15) is 18.9 Å². The lowest BCUT2D eigenvalue weighted by Crippen LogP contribution is -2.38. The summed E-state index contributed by atoms with van der Waals surface area (Å²) in [5.41, 5.74) is 6.64. The summed E-state index contributed by atoms with van der Waals surface area (Å²) >= 11 is 5.95. The first kappa shape index (κ1) is 15.6. The molecule has 0 saturated carbocycles. The van der Waals surface area contributed by atoms with Gasteiger partial charge in [0.1, 0.15) is 0 Å². The number of aryl methyl sites for hydroxylation is 1. The van der Waals surface area contributed by atoms with E-state index >= 15 is 0 Å². The van der Waals surface area contributed by atoms with Gasteiger partial charge in [-0.15, -0.1) is 0 Å². The van der Waals surface area contributed by atoms with Gasteiger partial charge in [-0.1, -0.05) is 11.6 Å². The van der Waals surface area contributed by atoms with E-state index < -0.39 is 10.0 Å². The molecule has 1 fully saturated rings. The zero-order valence-corrected chi connectivity index (χ0v) is 13.1. The average Bonchev–Trinajstić information content (AvgIpc) is 2.88. The second kappa shape index (κ2) is 5.89. The van der Waals surface area contributed by atoms with Crippen LogP contribution in [0.4, 0.5) is 5.69 Å². The number of ether oxygens (including phenoxy) is 1. The normalized spacial score (nSPS) is 21.1. The van der Waals surface area contributed by atoms with Crippen LogP contribution >= 0.6 is 11.6 Å². The number of hydrogen-bond acceptors (Lipinski definition) is 4. The van der Waals surface area contributed by atoms with Gasteiger partial charge in [0.15, 0.2) is 0 Å². The minimum Gasteiger partial charge on any atom is -0.397 e. The van der Waals surface area contributed by atoms with E-state index in [-0.39, 0.29) is 22.5 Å². The quantitative estimate of drug-likeness (QED) is 0.831. The molecule has 1 aromatic rings. The highest BCUT2D eigenvalue weighted by Gasteiger charge is 2.27. The molecule has 1 aromatic carbocycles. The summed E-state index contributed by atoms with van der Waals surface area (Å²) in [7, 11) is -3.60. The number of hydrogen-bond donors (Lipinski definition) is 2. The van der Waals surface area contributed by atoms with Crippen molar-refractivity contribution in [2.75, 3.05) is 18.9 Å². The highest BCUT2D eigenvalue weighted by Crippen LogP contribution is 2.27. The maximum Gasteiger partial charge on any atom is 0.240 e. The molecule has 2 unspecified atom stereocenters. The third-order valence-corrected chi connectivity index (χ3v) is 5.63. The van der Waals surface area contributed by atoms with E-state index in [9.17, 15) is 8.42 Å². The van der Waals surface area contributed by atoms with Gasteiger partial charge >= 0.3 is 0 Å². The monoisotopic (exact) mass is 318 g/mol. The number of benzene rings is 1. The summed E-state index contributed by atoms with van der Waals surface area (Å²) in [6, 6.07) is 2.73. The molecule has 20 heavy (non-hydrogen) atoms. The van der Waals surface area contributed by atoms with Crippen molar-refractivity contribution in [3.05, 3.63) is 22.7 Å². The molecule has 0 amide bonds. The van der Waals surface area contributed by atoms with E-state index in [1.165, 1.54) is 12.1 Å². The van der Waals surface area contributed by atoms with E-state index in [0.717, 1.165) is 6.42 Å². The van der Waals surface area contributed by atoms with Crippen molar-refractivity contribution >= 4 is 27.3 Å². The van der Waals surface area contributed by atoms with E-state index in [2.05, 4.69) is 4.72 Å². The minimum absolute atomic E-state index is 0.141. The molecule has 1 heterocycles. The Balaban J connectivity index is 2.21. The molecule has 0 bridgehead atoms. The van der Waals surface area contributed by atoms with Crippen molar-refractivity contribution in [2.45, 2.75) is 31.2 Å². The SMILES string of the molecule is Cc1cc(S(=O)(=O)NC(C)C2CCOC2)cc(N)c1Cl. The molecular formula is C13H19ClN2O3S. The molecule has 0 aliphatic carbocycles. The van der Waals surface area contributed by atoms with Crippen LogP contribution in [0.25, 0.3) is 0 Å². The molecule has 2 atom stereocenters. The van der Waals surface area contributed by atoms with Gasteiger partial charge in [-0.05, 0) is 38.0 Å². The lowest BCUT2D eigenvalue weighted by atomic mass is 10.0. The molecule has 7 heteroatoms. The molecule has 1 aliphatic rings. The molecular weight excluding hydrogens is 300 g/mol. The molecule has 5 nitrogen and oxygen atoms in total. The standard InChI is InChI=1S/C13H19ClN2O3S/c1-8-5-11(6-12(15)13(8)14)20(17,18)16-9(2)10-3-4-19-7-10/h5-6,9-10,16H,3-4,7,15H2,1-2H3. The van der Waals surface area contributed by atoms with Crippen LogP contribution in [-0.4, -0.2) is 27.7 Å². The Morgan fingerprint density at radius 3 is 2.75 bits per heavy atom. The van der Waals surface area contributed by atoms with Gasteiger partial charge in [0.2, 0.25) is 10.0 Å². The average molecular weight is 319 g/mol. The number of sulfonamides is 1. The Kier molecular flexibility index (Phi) is 4.59. The van der Waals surface area contributed by atoms with Crippen LogP contribution in [0.3, 0.4) is 0 Å². The van der Waals surface area contributed by atoms with Crippen LogP contribution in [0.2, 0.25) is 5.02 Å². The smallest absolute Gasteiger partial charge is 0.240 e. The molecule has 0 aromatic heterocycles. The molecule has 0 spiro atoms. The zero-order valence-electron chi connectivity index (χ0n) is 11.5. The predicted octanol–water partition coefficient (Wildman–Crippen LogP) is 1.93. The fourth-order valence-electron chi connectivity index (χ4n) is 2.27. The first-order valence-electron chi connectivity index (χ1n) is 6.47. The maximum atomic E-state index is 12.4.